The van der Waals surface area contributed by atoms with Gasteiger partial charge in [-0.25, -0.2) is 9.13 Å². The molecule has 0 aromatic heterocycles. The van der Waals surface area contributed by atoms with Crippen LogP contribution in [0.1, 0.15) is 319 Å². The van der Waals surface area contributed by atoms with Gasteiger partial charge >= 0.3 is 39.5 Å². The van der Waals surface area contributed by atoms with Crippen molar-refractivity contribution in [2.45, 2.75) is 337 Å². The molecule has 0 spiro atoms. The highest BCUT2D eigenvalue weighted by Crippen LogP contribution is 2.45. The summed E-state index contributed by atoms with van der Waals surface area (Å²) in [4.78, 5) is 72.3. The Kier molecular flexibility index (Phi) is 54.8. The Bertz CT molecular complexity index is 1700. The Balaban J connectivity index is 5.25. The second kappa shape index (κ2) is 56.1. The van der Waals surface area contributed by atoms with Gasteiger partial charge in [0.1, 0.15) is 19.3 Å². The van der Waals surface area contributed by atoms with E-state index in [1.807, 2.05) is 0 Å². The van der Waals surface area contributed by atoms with Crippen LogP contribution in [0.3, 0.4) is 0 Å². The molecular weight excluding hydrogens is 1130 g/mol. The number of ether oxygens (including phenoxy) is 4. The van der Waals surface area contributed by atoms with E-state index in [1.165, 1.54) is 116 Å². The molecule has 3 N–H and O–H groups in total. The Morgan fingerprint density at radius 2 is 0.565 bits per heavy atom. The standard InChI is InChI=1S/C66H128O17P2/c1-9-59(8)45-37-29-23-25-33-41-49-66(71)83-62(53-77-64(69)47-39-31-24-22-28-36-44-58(6)7)55-81-85(74,75)79-51-60(67)50-78-84(72,73)80-54-61(82-65(70)48-40-32-21-17-13-15-19-27-35-43-57(4)5)52-76-63(68)46-38-30-20-16-12-10-11-14-18-26-34-42-56(2)3/h56-62,67H,9-55H2,1-8H3,(H,72,73)(H,74,75)/t59?,60-,61-,62-/m1/s1. The largest absolute Gasteiger partial charge is 0.472 e. The molecule has 0 heterocycles. The lowest BCUT2D eigenvalue weighted by molar-refractivity contribution is -0.161. The Labute approximate surface area is 517 Å². The first-order valence-corrected chi connectivity index (χ1v) is 37.2. The zero-order valence-electron chi connectivity index (χ0n) is 55.2. The van der Waals surface area contributed by atoms with E-state index >= 15 is 0 Å². The third-order valence-electron chi connectivity index (χ3n) is 15.4. The third kappa shape index (κ3) is 59.5. The molecule has 0 aliphatic carbocycles. The summed E-state index contributed by atoms with van der Waals surface area (Å²) in [6.45, 7) is 14.0. The topological polar surface area (TPSA) is 237 Å². The first kappa shape index (κ1) is 83.1. The number of aliphatic hydroxyl groups is 1. The zero-order valence-corrected chi connectivity index (χ0v) is 57.0. The van der Waals surface area contributed by atoms with Crippen molar-refractivity contribution in [3.63, 3.8) is 0 Å². The molecule has 6 atom stereocenters. The number of phosphoric acid groups is 2. The molecule has 0 aromatic carbocycles. The summed E-state index contributed by atoms with van der Waals surface area (Å²) < 4.78 is 68.1. The van der Waals surface area contributed by atoms with E-state index in [0.717, 1.165) is 114 Å². The molecule has 17 nitrogen and oxygen atoms in total. The minimum absolute atomic E-state index is 0.101. The van der Waals surface area contributed by atoms with E-state index in [4.69, 9.17) is 37.0 Å². The molecule has 0 bridgehead atoms. The van der Waals surface area contributed by atoms with Crippen molar-refractivity contribution in [3.05, 3.63) is 0 Å². The number of aliphatic hydroxyl groups excluding tert-OH is 1. The normalized spacial score (nSPS) is 14.7. The van der Waals surface area contributed by atoms with Gasteiger partial charge in [-0.1, -0.05) is 267 Å². The van der Waals surface area contributed by atoms with E-state index in [0.29, 0.717) is 31.6 Å². The second-order valence-electron chi connectivity index (χ2n) is 25.5. The van der Waals surface area contributed by atoms with Crippen LogP contribution in [-0.4, -0.2) is 96.7 Å². The van der Waals surface area contributed by atoms with Gasteiger partial charge in [0.05, 0.1) is 26.4 Å². The van der Waals surface area contributed by atoms with Crippen LogP contribution in [0.2, 0.25) is 0 Å². The van der Waals surface area contributed by atoms with Crippen LogP contribution in [0, 0.1) is 23.7 Å². The van der Waals surface area contributed by atoms with Crippen LogP contribution in [0.25, 0.3) is 0 Å². The average molecular weight is 1260 g/mol. The number of rotatable bonds is 63. The van der Waals surface area contributed by atoms with Crippen molar-refractivity contribution in [2.24, 2.45) is 23.7 Å². The van der Waals surface area contributed by atoms with Gasteiger partial charge in [-0.05, 0) is 49.4 Å². The highest BCUT2D eigenvalue weighted by Gasteiger charge is 2.30. The zero-order chi connectivity index (χ0) is 63.2. The lowest BCUT2D eigenvalue weighted by Crippen LogP contribution is -2.30. The molecule has 0 aliphatic rings. The SMILES string of the molecule is CCC(C)CCCCCCCCC(=O)O[C@H](COC(=O)CCCCCCCCC(C)C)COP(=O)(O)OC[C@H](O)COP(=O)(O)OC[C@@H](COC(=O)CCCCCCCCCCCCCC(C)C)OC(=O)CCCCCCCCCCCC(C)C. The van der Waals surface area contributed by atoms with Gasteiger partial charge in [-0.3, -0.25) is 37.3 Å². The average Bonchev–Trinajstić information content (AvgIpc) is 3.49. The van der Waals surface area contributed by atoms with E-state index < -0.39 is 97.5 Å². The van der Waals surface area contributed by atoms with Gasteiger partial charge in [0.25, 0.3) is 0 Å². The fourth-order valence-corrected chi connectivity index (χ4v) is 11.3. The summed E-state index contributed by atoms with van der Waals surface area (Å²) in [7, 11) is -9.89. The maximum absolute atomic E-state index is 13.0. The molecule has 0 saturated carbocycles. The van der Waals surface area contributed by atoms with Gasteiger partial charge in [-0.2, -0.15) is 0 Å². The summed E-state index contributed by atoms with van der Waals surface area (Å²) in [5.41, 5.74) is 0. The molecule has 85 heavy (non-hydrogen) atoms. The van der Waals surface area contributed by atoms with Crippen molar-refractivity contribution in [3.8, 4) is 0 Å². The number of hydrogen-bond donors (Lipinski definition) is 3. The van der Waals surface area contributed by atoms with Crippen LogP contribution in [0.15, 0.2) is 0 Å². The number of unbranched alkanes of at least 4 members (excludes halogenated alkanes) is 28. The number of hydrogen-bond acceptors (Lipinski definition) is 15. The number of phosphoric ester groups is 2. The summed E-state index contributed by atoms with van der Waals surface area (Å²) in [5, 5.41) is 10.5. The van der Waals surface area contributed by atoms with Crippen molar-refractivity contribution >= 4 is 39.5 Å². The van der Waals surface area contributed by atoms with Crippen LogP contribution >= 0.6 is 15.6 Å². The summed E-state index contributed by atoms with van der Waals surface area (Å²) in [6.07, 6.45) is 36.4. The minimum Gasteiger partial charge on any atom is -0.462 e. The first-order valence-electron chi connectivity index (χ1n) is 34.2. The Morgan fingerprint density at radius 3 is 0.835 bits per heavy atom. The third-order valence-corrected chi connectivity index (χ3v) is 17.3. The maximum atomic E-state index is 13.0. The van der Waals surface area contributed by atoms with Crippen LogP contribution in [0.4, 0.5) is 0 Å². The monoisotopic (exact) mass is 1250 g/mol. The molecule has 0 saturated heterocycles. The fraction of sp³-hybridized carbons (Fsp3) is 0.939. The highest BCUT2D eigenvalue weighted by atomic mass is 31.2. The molecule has 0 rings (SSSR count). The molecule has 0 fully saturated rings. The molecular formula is C66H128O17P2. The Morgan fingerprint density at radius 1 is 0.329 bits per heavy atom. The number of esters is 4. The van der Waals surface area contributed by atoms with Crippen molar-refractivity contribution in [1.29, 1.82) is 0 Å². The molecule has 19 heteroatoms. The lowest BCUT2D eigenvalue weighted by atomic mass is 10.00. The summed E-state index contributed by atoms with van der Waals surface area (Å²) in [6, 6.07) is 0. The van der Waals surface area contributed by atoms with Gasteiger partial charge in [0, 0.05) is 25.7 Å². The smallest absolute Gasteiger partial charge is 0.462 e. The summed E-state index contributed by atoms with van der Waals surface area (Å²) in [5.74, 6) is 0.768. The molecule has 0 radical (unpaired) electrons. The fourth-order valence-electron chi connectivity index (χ4n) is 9.75. The van der Waals surface area contributed by atoms with Crippen molar-refractivity contribution in [1.82, 2.24) is 0 Å². The van der Waals surface area contributed by atoms with Crippen LogP contribution < -0.4 is 0 Å². The predicted molar refractivity (Wildman–Crippen MR) is 340 cm³/mol. The quantitative estimate of drug-likeness (QED) is 0.0222. The molecule has 0 amide bonds. The Hall–Kier alpha value is -1.94. The first-order chi connectivity index (χ1) is 40.6. The minimum atomic E-state index is -4.95. The maximum Gasteiger partial charge on any atom is 0.472 e. The van der Waals surface area contributed by atoms with E-state index in [-0.39, 0.29) is 25.7 Å². The van der Waals surface area contributed by atoms with Crippen molar-refractivity contribution < 1.29 is 80.2 Å². The van der Waals surface area contributed by atoms with E-state index in [1.54, 1.807) is 0 Å². The molecule has 0 aliphatic heterocycles. The van der Waals surface area contributed by atoms with Gasteiger partial charge in [0.2, 0.25) is 0 Å². The van der Waals surface area contributed by atoms with E-state index in [9.17, 15) is 43.2 Å². The van der Waals surface area contributed by atoms with Crippen LogP contribution in [-0.2, 0) is 65.4 Å². The van der Waals surface area contributed by atoms with E-state index in [2.05, 4.69) is 55.4 Å². The van der Waals surface area contributed by atoms with Gasteiger partial charge < -0.3 is 33.8 Å². The van der Waals surface area contributed by atoms with Gasteiger partial charge in [-0.15, -0.1) is 0 Å². The lowest BCUT2D eigenvalue weighted by Gasteiger charge is -2.21. The van der Waals surface area contributed by atoms with Gasteiger partial charge in [0.15, 0.2) is 12.2 Å². The summed E-state index contributed by atoms with van der Waals surface area (Å²) >= 11 is 0. The predicted octanol–water partition coefficient (Wildman–Crippen LogP) is 18.1. The van der Waals surface area contributed by atoms with Crippen molar-refractivity contribution in [2.75, 3.05) is 39.6 Å². The molecule has 0 aromatic rings. The molecule has 3 unspecified atom stereocenters. The highest BCUT2D eigenvalue weighted by molar-refractivity contribution is 7.47. The number of carbonyl (C=O) groups excluding carboxylic acids is 4. The second-order valence-corrected chi connectivity index (χ2v) is 28.4. The van der Waals surface area contributed by atoms with Crippen LogP contribution in [0.5, 0.6) is 0 Å². The number of carbonyl (C=O) groups is 4. The molecule has 504 valence electrons.